The fourth-order valence-corrected chi connectivity index (χ4v) is 2.21. The van der Waals surface area contributed by atoms with Crippen molar-refractivity contribution < 1.29 is 4.79 Å². The number of benzene rings is 1. The van der Waals surface area contributed by atoms with Gasteiger partial charge in [0.2, 0.25) is 5.95 Å². The maximum absolute atomic E-state index is 12.1. The maximum atomic E-state index is 12.1. The van der Waals surface area contributed by atoms with Gasteiger partial charge in [-0.1, -0.05) is 22.0 Å². The lowest BCUT2D eigenvalue weighted by molar-refractivity contribution is 0.0946. The molecule has 0 bridgehead atoms. The summed E-state index contributed by atoms with van der Waals surface area (Å²) >= 11 is 3.49. The molecule has 1 amide bonds. The van der Waals surface area contributed by atoms with Gasteiger partial charge in [-0.15, -0.1) is 0 Å². The second-order valence-electron chi connectivity index (χ2n) is 5.41. The van der Waals surface area contributed by atoms with Crippen molar-refractivity contribution in [1.29, 1.82) is 0 Å². The molecule has 0 spiro atoms. The van der Waals surface area contributed by atoms with E-state index in [-0.39, 0.29) is 5.91 Å². The lowest BCUT2D eigenvalue weighted by Gasteiger charge is -2.11. The third-order valence-electron chi connectivity index (χ3n) is 3.16. The summed E-state index contributed by atoms with van der Waals surface area (Å²) < 4.78 is 1.00. The molecular weight excluding hydrogens is 358 g/mol. The summed E-state index contributed by atoms with van der Waals surface area (Å²) in [4.78, 5) is 22.5. The molecule has 0 aliphatic heterocycles. The molecule has 1 heterocycles. The Morgan fingerprint density at radius 3 is 2.78 bits per heavy atom. The number of nitrogens with one attached hydrogen (secondary N) is 2. The number of carbonyl (C=O) groups excluding carboxylic acids is 1. The Morgan fingerprint density at radius 1 is 1.30 bits per heavy atom. The van der Waals surface area contributed by atoms with E-state index in [1.54, 1.807) is 12.3 Å². The average molecular weight is 378 g/mol. The van der Waals surface area contributed by atoms with Gasteiger partial charge in [0.25, 0.3) is 5.91 Å². The van der Waals surface area contributed by atoms with E-state index in [2.05, 4.69) is 36.5 Å². The molecule has 0 atom stereocenters. The number of hydrogen-bond acceptors (Lipinski definition) is 5. The van der Waals surface area contributed by atoms with E-state index >= 15 is 0 Å². The molecule has 0 saturated heterocycles. The van der Waals surface area contributed by atoms with E-state index in [4.69, 9.17) is 0 Å². The van der Waals surface area contributed by atoms with Crippen LogP contribution in [0.1, 0.15) is 16.1 Å². The molecule has 7 heteroatoms. The van der Waals surface area contributed by atoms with Crippen LogP contribution in [-0.4, -0.2) is 48.0 Å². The van der Waals surface area contributed by atoms with E-state index in [9.17, 15) is 4.79 Å². The van der Waals surface area contributed by atoms with Gasteiger partial charge in [0.1, 0.15) is 5.69 Å². The highest BCUT2D eigenvalue weighted by atomic mass is 79.9. The van der Waals surface area contributed by atoms with Crippen molar-refractivity contribution in [3.05, 3.63) is 46.2 Å². The van der Waals surface area contributed by atoms with Gasteiger partial charge in [-0.2, -0.15) is 0 Å². The SMILES string of the molecule is Cc1ccc(Nc2nccc(C(=O)NCCN(C)C)n2)cc1Br. The fourth-order valence-electron chi connectivity index (χ4n) is 1.83. The molecule has 0 saturated carbocycles. The zero-order chi connectivity index (χ0) is 16.8. The lowest BCUT2D eigenvalue weighted by Crippen LogP contribution is -2.31. The fraction of sp³-hybridized carbons (Fsp3) is 0.312. The second kappa shape index (κ2) is 8.03. The summed E-state index contributed by atoms with van der Waals surface area (Å²) in [6.07, 6.45) is 1.57. The molecule has 1 aromatic carbocycles. The van der Waals surface area contributed by atoms with Crippen LogP contribution < -0.4 is 10.6 Å². The molecule has 0 aliphatic carbocycles. The summed E-state index contributed by atoms with van der Waals surface area (Å²) in [6, 6.07) is 7.47. The zero-order valence-electron chi connectivity index (χ0n) is 13.4. The van der Waals surface area contributed by atoms with Crippen molar-refractivity contribution in [3.8, 4) is 0 Å². The van der Waals surface area contributed by atoms with Gasteiger partial charge in [0.05, 0.1) is 0 Å². The van der Waals surface area contributed by atoms with Crippen LogP contribution in [0.4, 0.5) is 11.6 Å². The Labute approximate surface area is 144 Å². The van der Waals surface area contributed by atoms with Gasteiger partial charge >= 0.3 is 0 Å². The molecule has 2 rings (SSSR count). The Hall–Kier alpha value is -1.99. The maximum Gasteiger partial charge on any atom is 0.270 e. The number of aryl methyl sites for hydroxylation is 1. The standard InChI is InChI=1S/C16H20BrN5O/c1-11-4-5-12(10-13(11)17)20-16-19-7-6-14(21-16)15(23)18-8-9-22(2)3/h4-7,10H,8-9H2,1-3H3,(H,18,23)(H,19,20,21). The Bertz CT molecular complexity index is 690. The molecule has 1 aromatic heterocycles. The van der Waals surface area contributed by atoms with E-state index in [1.165, 1.54) is 0 Å². The summed E-state index contributed by atoms with van der Waals surface area (Å²) in [7, 11) is 3.91. The predicted molar refractivity (Wildman–Crippen MR) is 95.1 cm³/mol. The second-order valence-corrected chi connectivity index (χ2v) is 6.27. The zero-order valence-corrected chi connectivity index (χ0v) is 15.0. The van der Waals surface area contributed by atoms with Gasteiger partial charge in [0.15, 0.2) is 0 Å². The molecule has 0 aliphatic rings. The van der Waals surface area contributed by atoms with Gasteiger partial charge in [-0.05, 0) is 44.8 Å². The van der Waals surface area contributed by atoms with Crippen LogP contribution in [0.25, 0.3) is 0 Å². The van der Waals surface area contributed by atoms with Crippen LogP contribution in [-0.2, 0) is 0 Å². The monoisotopic (exact) mass is 377 g/mol. The number of rotatable bonds is 6. The normalized spacial score (nSPS) is 10.7. The highest BCUT2D eigenvalue weighted by Crippen LogP contribution is 2.22. The minimum absolute atomic E-state index is 0.206. The first-order chi connectivity index (χ1) is 11.0. The number of nitrogens with zero attached hydrogens (tertiary/aromatic N) is 3. The number of anilines is 2. The molecule has 122 valence electrons. The summed E-state index contributed by atoms with van der Waals surface area (Å²) in [5.74, 6) is 0.184. The van der Waals surface area contributed by atoms with E-state index in [0.717, 1.165) is 22.3 Å². The van der Waals surface area contributed by atoms with Gasteiger partial charge in [-0.25, -0.2) is 9.97 Å². The number of amides is 1. The summed E-state index contributed by atoms with van der Waals surface area (Å²) in [5.41, 5.74) is 2.34. The van der Waals surface area contributed by atoms with Crippen LogP contribution in [0, 0.1) is 6.92 Å². The molecular formula is C16H20BrN5O. The van der Waals surface area contributed by atoms with Crippen LogP contribution in [0.2, 0.25) is 0 Å². The lowest BCUT2D eigenvalue weighted by atomic mass is 10.2. The first-order valence-corrected chi connectivity index (χ1v) is 8.04. The van der Waals surface area contributed by atoms with Crippen LogP contribution in [0.3, 0.4) is 0 Å². The number of aromatic nitrogens is 2. The van der Waals surface area contributed by atoms with Gasteiger partial charge in [-0.3, -0.25) is 4.79 Å². The average Bonchev–Trinajstić information content (AvgIpc) is 2.51. The Kier molecular flexibility index (Phi) is 6.06. The van der Waals surface area contributed by atoms with Gasteiger partial charge < -0.3 is 15.5 Å². The predicted octanol–water partition coefficient (Wildman–Crippen LogP) is 2.58. The quantitative estimate of drug-likeness (QED) is 0.809. The van der Waals surface area contributed by atoms with E-state index < -0.39 is 0 Å². The summed E-state index contributed by atoms with van der Waals surface area (Å²) in [5, 5.41) is 5.93. The smallest absolute Gasteiger partial charge is 0.270 e. The van der Waals surface area contributed by atoms with Crippen molar-refractivity contribution in [3.63, 3.8) is 0 Å². The number of halogens is 1. The summed E-state index contributed by atoms with van der Waals surface area (Å²) in [6.45, 7) is 3.37. The Morgan fingerprint density at radius 2 is 2.09 bits per heavy atom. The minimum Gasteiger partial charge on any atom is -0.349 e. The van der Waals surface area contributed by atoms with Crippen LogP contribution >= 0.6 is 15.9 Å². The number of likely N-dealkylation sites (N-methyl/N-ethyl adjacent to an activating group) is 1. The third kappa shape index (κ3) is 5.30. The van der Waals surface area contributed by atoms with Crippen molar-refractivity contribution >= 4 is 33.5 Å². The van der Waals surface area contributed by atoms with Gasteiger partial charge in [0, 0.05) is 29.4 Å². The van der Waals surface area contributed by atoms with E-state index in [0.29, 0.717) is 18.2 Å². The van der Waals surface area contributed by atoms with Crippen molar-refractivity contribution in [1.82, 2.24) is 20.2 Å². The van der Waals surface area contributed by atoms with E-state index in [1.807, 2.05) is 44.1 Å². The number of carbonyl (C=O) groups is 1. The van der Waals surface area contributed by atoms with Crippen LogP contribution in [0.5, 0.6) is 0 Å². The van der Waals surface area contributed by atoms with Crippen LogP contribution in [0.15, 0.2) is 34.9 Å². The topological polar surface area (TPSA) is 70.2 Å². The highest BCUT2D eigenvalue weighted by molar-refractivity contribution is 9.10. The first kappa shape index (κ1) is 17.4. The molecule has 0 radical (unpaired) electrons. The molecule has 6 nitrogen and oxygen atoms in total. The number of hydrogen-bond donors (Lipinski definition) is 2. The largest absolute Gasteiger partial charge is 0.349 e. The Balaban J connectivity index is 2.04. The minimum atomic E-state index is -0.206. The molecule has 2 aromatic rings. The first-order valence-electron chi connectivity index (χ1n) is 7.25. The van der Waals surface area contributed by atoms with Crippen molar-refractivity contribution in [2.24, 2.45) is 0 Å². The highest BCUT2D eigenvalue weighted by Gasteiger charge is 2.09. The van der Waals surface area contributed by atoms with Crippen molar-refractivity contribution in [2.45, 2.75) is 6.92 Å². The third-order valence-corrected chi connectivity index (χ3v) is 4.02. The molecule has 0 fully saturated rings. The van der Waals surface area contributed by atoms with Crippen molar-refractivity contribution in [2.75, 3.05) is 32.5 Å². The molecule has 23 heavy (non-hydrogen) atoms. The molecule has 0 unspecified atom stereocenters. The molecule has 2 N–H and O–H groups in total.